The molecule has 0 unspecified atom stereocenters. The van der Waals surface area contributed by atoms with Crippen molar-refractivity contribution in [2.45, 2.75) is 24.3 Å². The van der Waals surface area contributed by atoms with E-state index in [0.717, 1.165) is 10.0 Å². The monoisotopic (exact) mass is 480 g/mol. The summed E-state index contributed by atoms with van der Waals surface area (Å²) in [5.74, 6) is 0.851. The summed E-state index contributed by atoms with van der Waals surface area (Å²) in [6.07, 6.45) is 1.32. The van der Waals surface area contributed by atoms with E-state index < -0.39 is 10.0 Å². The first-order valence-corrected chi connectivity index (χ1v) is 11.6. The molecule has 7 nitrogen and oxygen atoms in total. The third-order valence-electron chi connectivity index (χ3n) is 5.11. The zero-order chi connectivity index (χ0) is 20.4. The maximum Gasteiger partial charge on any atom is 0.243 e. The van der Waals surface area contributed by atoms with Gasteiger partial charge >= 0.3 is 0 Å². The fourth-order valence-corrected chi connectivity index (χ4v) is 5.30. The third-order valence-corrected chi connectivity index (χ3v) is 7.52. The number of piperidine rings is 1. The van der Waals surface area contributed by atoms with Gasteiger partial charge < -0.3 is 14.8 Å². The van der Waals surface area contributed by atoms with Gasteiger partial charge in [-0.1, -0.05) is 22.0 Å². The van der Waals surface area contributed by atoms with Gasteiger partial charge in [0.1, 0.15) is 0 Å². The Bertz CT molecular complexity index is 1010. The summed E-state index contributed by atoms with van der Waals surface area (Å²) in [6.45, 7) is 1.16. The SMILES string of the molecule is O=C(NCc1ccc2c(c1)OCO2)[C@@H]1CCCN(S(=O)(=O)c2ccc(Br)cc2)C1. The van der Waals surface area contributed by atoms with E-state index in [2.05, 4.69) is 21.2 Å². The second-order valence-electron chi connectivity index (χ2n) is 7.06. The molecular weight excluding hydrogens is 460 g/mol. The topological polar surface area (TPSA) is 84.9 Å². The summed E-state index contributed by atoms with van der Waals surface area (Å²) < 4.78 is 38.7. The fraction of sp³-hybridized carbons (Fsp3) is 0.350. The van der Waals surface area contributed by atoms with Crippen molar-refractivity contribution in [1.29, 1.82) is 0 Å². The van der Waals surface area contributed by atoms with E-state index >= 15 is 0 Å². The second kappa shape index (κ2) is 8.33. The highest BCUT2D eigenvalue weighted by Crippen LogP contribution is 2.32. The van der Waals surface area contributed by atoms with Crippen LogP contribution in [0, 0.1) is 5.92 Å². The molecule has 4 rings (SSSR count). The van der Waals surface area contributed by atoms with Crippen LogP contribution in [0.2, 0.25) is 0 Å². The lowest BCUT2D eigenvalue weighted by Gasteiger charge is -2.31. The number of nitrogens with one attached hydrogen (secondary N) is 1. The smallest absolute Gasteiger partial charge is 0.243 e. The number of carbonyl (C=O) groups excluding carboxylic acids is 1. The van der Waals surface area contributed by atoms with Gasteiger partial charge in [0.15, 0.2) is 11.5 Å². The van der Waals surface area contributed by atoms with Crippen LogP contribution in [0.4, 0.5) is 0 Å². The molecule has 1 fully saturated rings. The number of benzene rings is 2. The summed E-state index contributed by atoms with van der Waals surface area (Å²) in [4.78, 5) is 12.9. The summed E-state index contributed by atoms with van der Waals surface area (Å²) in [7, 11) is -3.62. The molecule has 0 aliphatic carbocycles. The number of rotatable bonds is 5. The molecule has 0 spiro atoms. The molecule has 1 N–H and O–H groups in total. The first kappa shape index (κ1) is 20.2. The van der Waals surface area contributed by atoms with Crippen LogP contribution in [-0.2, 0) is 21.4 Å². The van der Waals surface area contributed by atoms with E-state index in [-0.39, 0.29) is 30.1 Å². The summed E-state index contributed by atoms with van der Waals surface area (Å²) in [5.41, 5.74) is 0.901. The first-order valence-electron chi connectivity index (χ1n) is 9.35. The lowest BCUT2D eigenvalue weighted by molar-refractivity contribution is -0.126. The molecule has 2 heterocycles. The lowest BCUT2D eigenvalue weighted by atomic mass is 9.98. The van der Waals surface area contributed by atoms with Crippen molar-refractivity contribution in [2.75, 3.05) is 19.9 Å². The molecule has 2 aromatic carbocycles. The van der Waals surface area contributed by atoms with Crippen molar-refractivity contribution < 1.29 is 22.7 Å². The Morgan fingerprint density at radius 3 is 2.69 bits per heavy atom. The zero-order valence-corrected chi connectivity index (χ0v) is 18.0. The highest BCUT2D eigenvalue weighted by molar-refractivity contribution is 9.10. The molecule has 2 aromatic rings. The van der Waals surface area contributed by atoms with Gasteiger partial charge in [0.25, 0.3) is 0 Å². The van der Waals surface area contributed by atoms with Crippen LogP contribution in [0.1, 0.15) is 18.4 Å². The number of fused-ring (bicyclic) bond motifs is 1. The first-order chi connectivity index (χ1) is 13.9. The van der Waals surface area contributed by atoms with Gasteiger partial charge in [-0.25, -0.2) is 8.42 Å². The van der Waals surface area contributed by atoms with Crippen molar-refractivity contribution in [3.05, 3.63) is 52.5 Å². The van der Waals surface area contributed by atoms with Crippen LogP contribution in [0.5, 0.6) is 11.5 Å². The number of sulfonamides is 1. The van der Waals surface area contributed by atoms with Crippen LogP contribution in [0.15, 0.2) is 51.8 Å². The zero-order valence-electron chi connectivity index (χ0n) is 15.6. The Morgan fingerprint density at radius 1 is 1.14 bits per heavy atom. The minimum atomic E-state index is -3.62. The van der Waals surface area contributed by atoms with Gasteiger partial charge in [0, 0.05) is 24.1 Å². The van der Waals surface area contributed by atoms with Crippen molar-refractivity contribution in [1.82, 2.24) is 9.62 Å². The minimum absolute atomic E-state index is 0.140. The number of ether oxygens (including phenoxy) is 2. The Kier molecular flexibility index (Phi) is 5.80. The molecule has 1 atom stereocenters. The minimum Gasteiger partial charge on any atom is -0.454 e. The molecule has 9 heteroatoms. The Hall–Kier alpha value is -2.10. The van der Waals surface area contributed by atoms with Gasteiger partial charge in [-0.3, -0.25) is 4.79 Å². The number of amides is 1. The van der Waals surface area contributed by atoms with Crippen LogP contribution in [-0.4, -0.2) is 38.5 Å². The predicted molar refractivity (Wildman–Crippen MR) is 110 cm³/mol. The van der Waals surface area contributed by atoms with E-state index in [1.54, 1.807) is 24.3 Å². The maximum absolute atomic E-state index is 12.9. The fourth-order valence-electron chi connectivity index (χ4n) is 3.51. The van der Waals surface area contributed by atoms with Gasteiger partial charge in [0.2, 0.25) is 22.7 Å². The van der Waals surface area contributed by atoms with Crippen LogP contribution < -0.4 is 14.8 Å². The molecule has 0 bridgehead atoms. The van der Waals surface area contributed by atoms with E-state index in [4.69, 9.17) is 9.47 Å². The molecule has 0 aromatic heterocycles. The molecule has 1 amide bonds. The molecule has 1 saturated heterocycles. The van der Waals surface area contributed by atoms with Crippen molar-refractivity contribution in [2.24, 2.45) is 5.92 Å². The number of hydrogen-bond acceptors (Lipinski definition) is 5. The van der Waals surface area contributed by atoms with Crippen molar-refractivity contribution >= 4 is 31.9 Å². The maximum atomic E-state index is 12.9. The highest BCUT2D eigenvalue weighted by Gasteiger charge is 2.33. The normalized spacial score (nSPS) is 19.1. The summed E-state index contributed by atoms with van der Waals surface area (Å²) in [5, 5.41) is 2.92. The van der Waals surface area contributed by atoms with Crippen LogP contribution in [0.25, 0.3) is 0 Å². The van der Waals surface area contributed by atoms with Gasteiger partial charge in [-0.05, 0) is 54.8 Å². The standard InChI is InChI=1S/C20H21BrN2O5S/c21-16-4-6-17(7-5-16)29(25,26)23-9-1-2-15(12-23)20(24)22-11-14-3-8-18-19(10-14)28-13-27-18/h3-8,10,15H,1-2,9,11-13H2,(H,22,24)/t15-/m1/s1. The molecular formula is C20H21BrN2O5S. The van der Waals surface area contributed by atoms with E-state index in [1.165, 1.54) is 4.31 Å². The number of hydrogen-bond donors (Lipinski definition) is 1. The number of carbonyl (C=O) groups is 1. The number of nitrogens with zero attached hydrogens (tertiary/aromatic N) is 1. The van der Waals surface area contributed by atoms with E-state index in [0.29, 0.717) is 37.4 Å². The molecule has 0 saturated carbocycles. The predicted octanol–water partition coefficient (Wildman–Crippen LogP) is 2.89. The largest absolute Gasteiger partial charge is 0.454 e. The van der Waals surface area contributed by atoms with E-state index in [1.807, 2.05) is 18.2 Å². The molecule has 0 radical (unpaired) electrons. The third kappa shape index (κ3) is 4.41. The Balaban J connectivity index is 1.38. The Morgan fingerprint density at radius 2 is 1.90 bits per heavy atom. The van der Waals surface area contributed by atoms with Gasteiger partial charge in [-0.15, -0.1) is 0 Å². The molecule has 2 aliphatic rings. The lowest BCUT2D eigenvalue weighted by Crippen LogP contribution is -2.45. The van der Waals surface area contributed by atoms with E-state index in [9.17, 15) is 13.2 Å². The average Bonchev–Trinajstić information content (AvgIpc) is 3.20. The summed E-state index contributed by atoms with van der Waals surface area (Å²) in [6, 6.07) is 12.1. The van der Waals surface area contributed by atoms with Gasteiger partial charge in [0.05, 0.1) is 10.8 Å². The highest BCUT2D eigenvalue weighted by atomic mass is 79.9. The molecule has 2 aliphatic heterocycles. The van der Waals surface area contributed by atoms with Crippen LogP contribution >= 0.6 is 15.9 Å². The Labute approximate surface area is 178 Å². The molecule has 29 heavy (non-hydrogen) atoms. The van der Waals surface area contributed by atoms with Crippen molar-refractivity contribution in [3.8, 4) is 11.5 Å². The quantitative estimate of drug-likeness (QED) is 0.710. The second-order valence-corrected chi connectivity index (χ2v) is 9.92. The summed E-state index contributed by atoms with van der Waals surface area (Å²) >= 11 is 3.31. The van der Waals surface area contributed by atoms with Crippen molar-refractivity contribution in [3.63, 3.8) is 0 Å². The average molecular weight is 481 g/mol. The van der Waals surface area contributed by atoms with Crippen LogP contribution in [0.3, 0.4) is 0 Å². The molecule has 154 valence electrons. The van der Waals surface area contributed by atoms with Gasteiger partial charge in [-0.2, -0.15) is 4.31 Å². The number of halogens is 1.